The lowest BCUT2D eigenvalue weighted by Crippen LogP contribution is -2.16. The van der Waals surface area contributed by atoms with Crippen molar-refractivity contribution in [3.63, 3.8) is 0 Å². The van der Waals surface area contributed by atoms with Crippen molar-refractivity contribution in [2.45, 2.75) is 33.1 Å². The minimum absolute atomic E-state index is 0.191. The van der Waals surface area contributed by atoms with Gasteiger partial charge < -0.3 is 18.8 Å². The monoisotopic (exact) mass is 449 g/mol. The predicted octanol–water partition coefficient (Wildman–Crippen LogP) is 4.29. The van der Waals surface area contributed by atoms with E-state index in [1.165, 1.54) is 11.3 Å². The van der Waals surface area contributed by atoms with E-state index in [-0.39, 0.29) is 19.0 Å². The van der Waals surface area contributed by atoms with Crippen LogP contribution in [0.25, 0.3) is 21.6 Å². The smallest absolute Gasteiger partial charge is 0.311 e. The number of nitrogens with zero attached hydrogens (tertiary/aromatic N) is 3. The van der Waals surface area contributed by atoms with Gasteiger partial charge in [-0.1, -0.05) is 18.2 Å². The van der Waals surface area contributed by atoms with Crippen molar-refractivity contribution in [3.8, 4) is 16.3 Å². The maximum atomic E-state index is 12.5. The SMILES string of the molecule is COc1ccccc1-c1nc(C)c(CC(=O)OCc2ccc3c(c2)nc2n3CCOC2)s1. The van der Waals surface area contributed by atoms with Crippen LogP contribution in [0.5, 0.6) is 5.75 Å². The summed E-state index contributed by atoms with van der Waals surface area (Å²) < 4.78 is 18.7. The molecule has 0 saturated heterocycles. The van der Waals surface area contributed by atoms with Crippen LogP contribution in [0.3, 0.4) is 0 Å². The third-order valence-corrected chi connectivity index (χ3v) is 6.71. The number of ether oxygens (including phenoxy) is 3. The molecule has 2 aromatic heterocycles. The number of benzene rings is 2. The Labute approximate surface area is 189 Å². The fourth-order valence-electron chi connectivity index (χ4n) is 3.87. The summed E-state index contributed by atoms with van der Waals surface area (Å²) >= 11 is 1.49. The fourth-order valence-corrected chi connectivity index (χ4v) is 4.95. The Hall–Kier alpha value is -3.23. The van der Waals surface area contributed by atoms with Gasteiger partial charge in [0.1, 0.15) is 29.8 Å². The van der Waals surface area contributed by atoms with Crippen molar-refractivity contribution in [2.75, 3.05) is 13.7 Å². The van der Waals surface area contributed by atoms with Gasteiger partial charge in [-0.3, -0.25) is 4.79 Å². The lowest BCUT2D eigenvalue weighted by atomic mass is 10.2. The van der Waals surface area contributed by atoms with E-state index in [4.69, 9.17) is 14.2 Å². The van der Waals surface area contributed by atoms with Gasteiger partial charge >= 0.3 is 5.97 Å². The Morgan fingerprint density at radius 3 is 2.97 bits per heavy atom. The van der Waals surface area contributed by atoms with Crippen LogP contribution < -0.4 is 4.74 Å². The topological polar surface area (TPSA) is 75.5 Å². The van der Waals surface area contributed by atoms with Gasteiger partial charge in [-0.25, -0.2) is 9.97 Å². The molecule has 0 atom stereocenters. The summed E-state index contributed by atoms with van der Waals surface area (Å²) in [5, 5.41) is 0.834. The maximum absolute atomic E-state index is 12.5. The summed E-state index contributed by atoms with van der Waals surface area (Å²) in [4.78, 5) is 22.7. The Morgan fingerprint density at radius 1 is 1.22 bits per heavy atom. The normalized spacial score (nSPS) is 13.2. The quantitative estimate of drug-likeness (QED) is 0.409. The Bertz CT molecular complexity index is 1290. The van der Waals surface area contributed by atoms with Gasteiger partial charge in [0.2, 0.25) is 0 Å². The number of carbonyl (C=O) groups excluding carboxylic acids is 1. The molecular formula is C24H23N3O4S. The second-order valence-electron chi connectivity index (χ2n) is 7.62. The van der Waals surface area contributed by atoms with Crippen molar-refractivity contribution in [1.82, 2.24) is 14.5 Å². The van der Waals surface area contributed by atoms with Crippen LogP contribution in [0.4, 0.5) is 0 Å². The van der Waals surface area contributed by atoms with Crippen molar-refractivity contribution >= 4 is 28.3 Å². The van der Waals surface area contributed by atoms with Gasteiger partial charge in [-0.05, 0) is 36.8 Å². The maximum Gasteiger partial charge on any atom is 0.311 e. The van der Waals surface area contributed by atoms with E-state index in [2.05, 4.69) is 14.5 Å². The summed E-state index contributed by atoms with van der Waals surface area (Å²) in [6.45, 7) is 4.17. The van der Waals surface area contributed by atoms with Crippen molar-refractivity contribution in [1.29, 1.82) is 0 Å². The zero-order chi connectivity index (χ0) is 22.1. The number of rotatable bonds is 6. The molecule has 0 fully saturated rings. The second-order valence-corrected chi connectivity index (χ2v) is 8.70. The van der Waals surface area contributed by atoms with Gasteiger partial charge in [0.25, 0.3) is 0 Å². The zero-order valence-corrected chi connectivity index (χ0v) is 18.8. The van der Waals surface area contributed by atoms with Crippen LogP contribution in [-0.2, 0) is 40.4 Å². The molecule has 0 saturated carbocycles. The molecule has 0 N–H and O–H groups in total. The molecule has 5 rings (SSSR count). The summed E-state index contributed by atoms with van der Waals surface area (Å²) in [5.74, 6) is 1.42. The first kappa shape index (κ1) is 20.7. The average Bonchev–Trinajstić information content (AvgIpc) is 3.37. The molecule has 0 bridgehead atoms. The summed E-state index contributed by atoms with van der Waals surface area (Å²) in [6, 6.07) is 13.7. The Kier molecular flexibility index (Phi) is 5.63. The first-order valence-electron chi connectivity index (χ1n) is 10.4. The van der Waals surface area contributed by atoms with Crippen molar-refractivity contribution < 1.29 is 19.0 Å². The number of esters is 1. The molecule has 1 aliphatic heterocycles. The van der Waals surface area contributed by atoms with Gasteiger partial charge in [-0.15, -0.1) is 11.3 Å². The van der Waals surface area contributed by atoms with E-state index in [9.17, 15) is 4.79 Å². The van der Waals surface area contributed by atoms with Gasteiger partial charge in [0.05, 0.1) is 42.4 Å². The molecule has 0 aliphatic carbocycles. The van der Waals surface area contributed by atoms with Gasteiger partial charge in [0.15, 0.2) is 0 Å². The van der Waals surface area contributed by atoms with Crippen LogP contribution in [0.1, 0.15) is 22.0 Å². The average molecular weight is 450 g/mol. The summed E-state index contributed by atoms with van der Waals surface area (Å²) in [6.07, 6.45) is 0.191. The lowest BCUT2D eigenvalue weighted by Gasteiger charge is -2.14. The Morgan fingerprint density at radius 2 is 2.09 bits per heavy atom. The number of para-hydroxylation sites is 1. The van der Waals surface area contributed by atoms with E-state index < -0.39 is 0 Å². The molecule has 3 heterocycles. The molecular weight excluding hydrogens is 426 g/mol. The van der Waals surface area contributed by atoms with Gasteiger partial charge in [-0.2, -0.15) is 0 Å². The molecule has 2 aromatic carbocycles. The number of carbonyl (C=O) groups is 1. The molecule has 7 nitrogen and oxygen atoms in total. The molecule has 0 spiro atoms. The van der Waals surface area contributed by atoms with Crippen molar-refractivity contribution in [2.24, 2.45) is 0 Å². The zero-order valence-electron chi connectivity index (χ0n) is 18.0. The molecule has 4 aromatic rings. The minimum atomic E-state index is -0.277. The predicted molar refractivity (Wildman–Crippen MR) is 122 cm³/mol. The van der Waals surface area contributed by atoms with E-state index in [1.54, 1.807) is 7.11 Å². The van der Waals surface area contributed by atoms with E-state index in [0.29, 0.717) is 13.2 Å². The molecule has 8 heteroatoms. The number of hydrogen-bond donors (Lipinski definition) is 0. The van der Waals surface area contributed by atoms with E-state index in [1.807, 2.05) is 49.4 Å². The molecule has 1 aliphatic rings. The Balaban J connectivity index is 1.26. The number of thiazole rings is 1. The number of fused-ring (bicyclic) bond motifs is 3. The molecule has 0 unspecified atom stereocenters. The van der Waals surface area contributed by atoms with E-state index in [0.717, 1.165) is 55.9 Å². The van der Waals surface area contributed by atoms with E-state index >= 15 is 0 Å². The molecule has 164 valence electrons. The highest BCUT2D eigenvalue weighted by molar-refractivity contribution is 7.15. The lowest BCUT2D eigenvalue weighted by molar-refractivity contribution is -0.144. The highest BCUT2D eigenvalue weighted by Crippen LogP contribution is 2.34. The van der Waals surface area contributed by atoms with Crippen LogP contribution in [0.2, 0.25) is 0 Å². The number of aryl methyl sites for hydroxylation is 1. The number of aromatic nitrogens is 3. The van der Waals surface area contributed by atoms with Crippen molar-refractivity contribution in [3.05, 3.63) is 64.4 Å². The number of imidazole rings is 1. The highest BCUT2D eigenvalue weighted by atomic mass is 32.1. The molecule has 0 amide bonds. The highest BCUT2D eigenvalue weighted by Gasteiger charge is 2.17. The van der Waals surface area contributed by atoms with Crippen LogP contribution in [-0.4, -0.2) is 34.2 Å². The largest absolute Gasteiger partial charge is 0.496 e. The molecule has 32 heavy (non-hydrogen) atoms. The van der Waals surface area contributed by atoms with Gasteiger partial charge in [0, 0.05) is 11.4 Å². The number of hydrogen-bond acceptors (Lipinski definition) is 7. The first-order valence-corrected chi connectivity index (χ1v) is 11.2. The summed E-state index contributed by atoms with van der Waals surface area (Å²) in [5.41, 5.74) is 4.66. The minimum Gasteiger partial charge on any atom is -0.496 e. The van der Waals surface area contributed by atoms with Crippen LogP contribution in [0, 0.1) is 6.92 Å². The second kappa shape index (κ2) is 8.72. The van der Waals surface area contributed by atoms with Crippen LogP contribution in [0.15, 0.2) is 42.5 Å². The summed E-state index contributed by atoms with van der Waals surface area (Å²) in [7, 11) is 1.64. The van der Waals surface area contributed by atoms with Crippen LogP contribution >= 0.6 is 11.3 Å². The molecule has 0 radical (unpaired) electrons. The third kappa shape index (κ3) is 3.99. The standard InChI is InChI=1S/C24H23N3O4S/c1-15-21(32-24(25-15)17-5-3-4-6-20(17)29-2)12-23(28)31-13-16-7-8-19-18(11-16)26-22-14-30-10-9-27(19)22/h3-8,11H,9-10,12-14H2,1-2H3. The first-order chi connectivity index (χ1) is 15.6. The third-order valence-electron chi connectivity index (χ3n) is 5.52. The fraction of sp³-hybridized carbons (Fsp3) is 0.292. The number of methoxy groups -OCH3 is 1.